The van der Waals surface area contributed by atoms with E-state index in [-0.39, 0.29) is 12.0 Å². The monoisotopic (exact) mass is 361 g/mol. The van der Waals surface area contributed by atoms with Gasteiger partial charge in [0.05, 0.1) is 11.6 Å². The Balaban J connectivity index is 1.78. The molecule has 0 spiro atoms. The van der Waals surface area contributed by atoms with Crippen LogP contribution in [0.2, 0.25) is 0 Å². The van der Waals surface area contributed by atoms with Crippen LogP contribution in [0.25, 0.3) is 0 Å². The van der Waals surface area contributed by atoms with Crippen LogP contribution >= 0.6 is 0 Å². The van der Waals surface area contributed by atoms with Gasteiger partial charge in [0.15, 0.2) is 0 Å². The molecule has 1 fully saturated rings. The summed E-state index contributed by atoms with van der Waals surface area (Å²) in [7, 11) is 0. The lowest BCUT2D eigenvalue weighted by Crippen LogP contribution is -2.24. The number of rotatable bonds is 5. The molecule has 138 valence electrons. The van der Waals surface area contributed by atoms with E-state index in [9.17, 15) is 18.0 Å². The van der Waals surface area contributed by atoms with Crippen molar-refractivity contribution >= 4 is 11.5 Å². The first kappa shape index (κ1) is 18.5. The van der Waals surface area contributed by atoms with Gasteiger partial charge in [-0.15, -0.1) is 0 Å². The van der Waals surface area contributed by atoms with Gasteiger partial charge in [0.1, 0.15) is 5.78 Å². The molecule has 0 saturated heterocycles. The lowest BCUT2D eigenvalue weighted by molar-refractivity contribution is -0.137. The second-order valence-corrected chi connectivity index (χ2v) is 6.83. The van der Waals surface area contributed by atoms with Crippen LogP contribution in [0.4, 0.5) is 18.9 Å². The van der Waals surface area contributed by atoms with E-state index < -0.39 is 11.7 Å². The van der Waals surface area contributed by atoms with Gasteiger partial charge in [0.25, 0.3) is 0 Å². The smallest absolute Gasteiger partial charge is 0.378 e. The third-order valence-electron chi connectivity index (χ3n) is 4.96. The molecule has 2 atom stereocenters. The van der Waals surface area contributed by atoms with Gasteiger partial charge < -0.3 is 5.32 Å². The molecular formula is C21H22F3NO. The topological polar surface area (TPSA) is 29.1 Å². The number of nitrogens with one attached hydrogen (secondary N) is 1. The Morgan fingerprint density at radius 2 is 1.69 bits per heavy atom. The lowest BCUT2D eigenvalue weighted by Gasteiger charge is -2.27. The van der Waals surface area contributed by atoms with Crippen LogP contribution in [0.5, 0.6) is 0 Å². The van der Waals surface area contributed by atoms with E-state index in [1.54, 1.807) is 0 Å². The molecule has 2 nitrogen and oxygen atoms in total. The first-order chi connectivity index (χ1) is 12.4. The highest BCUT2D eigenvalue weighted by atomic mass is 19.4. The number of benzene rings is 2. The Labute approximate surface area is 151 Å². The number of carbonyl (C=O) groups excluding carboxylic acids is 1. The highest BCUT2D eigenvalue weighted by Gasteiger charge is 2.30. The van der Waals surface area contributed by atoms with Gasteiger partial charge in [-0.05, 0) is 49.1 Å². The molecule has 0 bridgehead atoms. The minimum Gasteiger partial charge on any atom is -0.378 e. The normalized spacial score (nSPS) is 19.2. The van der Waals surface area contributed by atoms with Crippen LogP contribution in [0, 0.1) is 5.92 Å². The van der Waals surface area contributed by atoms with Crippen LogP contribution in [0.3, 0.4) is 0 Å². The van der Waals surface area contributed by atoms with E-state index in [0.717, 1.165) is 37.0 Å². The third-order valence-corrected chi connectivity index (χ3v) is 4.96. The Morgan fingerprint density at radius 3 is 2.31 bits per heavy atom. The maximum Gasteiger partial charge on any atom is 0.416 e. The average molecular weight is 361 g/mol. The van der Waals surface area contributed by atoms with Crippen LogP contribution in [0.15, 0.2) is 54.6 Å². The molecular weight excluding hydrogens is 339 g/mol. The SMILES string of the molecule is O=C1CCCCC1CC(Nc1ccc(C(F)(F)F)cc1)c1ccccc1. The van der Waals surface area contributed by atoms with Crippen molar-refractivity contribution in [3.05, 3.63) is 65.7 Å². The summed E-state index contributed by atoms with van der Waals surface area (Å²) >= 11 is 0. The summed E-state index contributed by atoms with van der Waals surface area (Å²) < 4.78 is 38.2. The van der Waals surface area contributed by atoms with Gasteiger partial charge in [-0.1, -0.05) is 36.8 Å². The van der Waals surface area contributed by atoms with Crippen molar-refractivity contribution < 1.29 is 18.0 Å². The minimum absolute atomic E-state index is 0.0101. The van der Waals surface area contributed by atoms with Crippen molar-refractivity contribution in [2.45, 2.75) is 44.3 Å². The maximum absolute atomic E-state index is 12.7. The fourth-order valence-electron chi connectivity index (χ4n) is 3.51. The molecule has 26 heavy (non-hydrogen) atoms. The number of carbonyl (C=O) groups is 1. The number of halogens is 3. The number of hydrogen-bond acceptors (Lipinski definition) is 2. The van der Waals surface area contributed by atoms with Crippen molar-refractivity contribution in [1.82, 2.24) is 0 Å². The minimum atomic E-state index is -4.34. The summed E-state index contributed by atoms with van der Waals surface area (Å²) in [6.45, 7) is 0. The zero-order valence-electron chi connectivity index (χ0n) is 14.4. The van der Waals surface area contributed by atoms with Crippen LogP contribution in [0.1, 0.15) is 49.3 Å². The third kappa shape index (κ3) is 4.65. The Kier molecular flexibility index (Phi) is 5.64. The van der Waals surface area contributed by atoms with Gasteiger partial charge in [-0.25, -0.2) is 0 Å². The first-order valence-corrected chi connectivity index (χ1v) is 8.95. The molecule has 5 heteroatoms. The van der Waals surface area contributed by atoms with Crippen molar-refractivity contribution in [2.24, 2.45) is 5.92 Å². The molecule has 0 amide bonds. The van der Waals surface area contributed by atoms with Crippen molar-refractivity contribution in [3.8, 4) is 0 Å². The fourth-order valence-corrected chi connectivity index (χ4v) is 3.51. The molecule has 0 radical (unpaired) electrons. The molecule has 2 aromatic carbocycles. The molecule has 1 aliphatic rings. The predicted octanol–water partition coefficient (Wildman–Crippen LogP) is 6.01. The Hall–Kier alpha value is -2.30. The summed E-state index contributed by atoms with van der Waals surface area (Å²) in [5.41, 5.74) is 0.989. The summed E-state index contributed by atoms with van der Waals surface area (Å²) in [4.78, 5) is 12.2. The molecule has 3 rings (SSSR count). The van der Waals surface area contributed by atoms with Gasteiger partial charge >= 0.3 is 6.18 Å². The standard InChI is InChI=1S/C21H22F3NO/c22-21(23,24)17-10-12-18(13-11-17)25-19(15-6-2-1-3-7-15)14-16-8-4-5-9-20(16)26/h1-3,6-7,10-13,16,19,25H,4-5,8-9,14H2. The molecule has 2 aromatic rings. The molecule has 0 aromatic heterocycles. The lowest BCUT2D eigenvalue weighted by atomic mass is 9.82. The van der Waals surface area contributed by atoms with Gasteiger partial charge in [0, 0.05) is 18.0 Å². The second-order valence-electron chi connectivity index (χ2n) is 6.83. The van der Waals surface area contributed by atoms with Crippen LogP contribution < -0.4 is 5.32 Å². The number of ketones is 1. The molecule has 0 aliphatic heterocycles. The van der Waals surface area contributed by atoms with Crippen LogP contribution in [-0.2, 0) is 11.0 Å². The second kappa shape index (κ2) is 7.94. The largest absolute Gasteiger partial charge is 0.416 e. The Bertz CT molecular complexity index is 725. The number of alkyl halides is 3. The van der Waals surface area contributed by atoms with E-state index in [1.807, 2.05) is 30.3 Å². The zero-order valence-corrected chi connectivity index (χ0v) is 14.4. The quantitative estimate of drug-likeness (QED) is 0.707. The zero-order chi connectivity index (χ0) is 18.6. The summed E-state index contributed by atoms with van der Waals surface area (Å²) in [5, 5.41) is 3.32. The molecule has 0 heterocycles. The summed E-state index contributed by atoms with van der Waals surface area (Å²) in [6, 6.07) is 14.7. The summed E-state index contributed by atoms with van der Waals surface area (Å²) in [6.07, 6.45) is -0.158. The number of anilines is 1. The number of hydrogen-bond donors (Lipinski definition) is 1. The Morgan fingerprint density at radius 1 is 1.00 bits per heavy atom. The van der Waals surface area contributed by atoms with E-state index in [1.165, 1.54) is 12.1 Å². The van der Waals surface area contributed by atoms with E-state index in [4.69, 9.17) is 0 Å². The van der Waals surface area contributed by atoms with E-state index >= 15 is 0 Å². The average Bonchev–Trinajstić information content (AvgIpc) is 2.63. The van der Waals surface area contributed by atoms with E-state index in [2.05, 4.69) is 5.32 Å². The molecule has 1 saturated carbocycles. The van der Waals surface area contributed by atoms with Gasteiger partial charge in [-0.2, -0.15) is 13.2 Å². The first-order valence-electron chi connectivity index (χ1n) is 8.95. The van der Waals surface area contributed by atoms with Crippen molar-refractivity contribution in [2.75, 3.05) is 5.32 Å². The summed E-state index contributed by atoms with van der Waals surface area (Å²) in [5.74, 6) is 0.308. The van der Waals surface area contributed by atoms with Crippen molar-refractivity contribution in [3.63, 3.8) is 0 Å². The fraction of sp³-hybridized carbons (Fsp3) is 0.381. The van der Waals surface area contributed by atoms with Gasteiger partial charge in [-0.3, -0.25) is 4.79 Å². The predicted molar refractivity (Wildman–Crippen MR) is 95.8 cm³/mol. The maximum atomic E-state index is 12.7. The van der Waals surface area contributed by atoms with Gasteiger partial charge in [0.2, 0.25) is 0 Å². The molecule has 1 N–H and O–H groups in total. The van der Waals surface area contributed by atoms with Crippen molar-refractivity contribution in [1.29, 1.82) is 0 Å². The number of Topliss-reactive ketones (excluding diaryl/α,β-unsaturated/α-hetero) is 1. The highest BCUT2D eigenvalue weighted by Crippen LogP contribution is 2.34. The van der Waals surface area contributed by atoms with Crippen LogP contribution in [-0.4, -0.2) is 5.78 Å². The highest BCUT2D eigenvalue weighted by molar-refractivity contribution is 5.81. The van der Waals surface area contributed by atoms with E-state index in [0.29, 0.717) is 24.3 Å². The molecule has 2 unspecified atom stereocenters. The molecule has 1 aliphatic carbocycles.